The Morgan fingerprint density at radius 3 is 2.40 bits per heavy atom. The van der Waals surface area contributed by atoms with E-state index in [1.807, 2.05) is 30.3 Å². The van der Waals surface area contributed by atoms with Gasteiger partial charge in [0.2, 0.25) is 0 Å². The first kappa shape index (κ1) is 13.2. The van der Waals surface area contributed by atoms with Gasteiger partial charge >= 0.3 is 6.03 Å². The van der Waals surface area contributed by atoms with Crippen molar-refractivity contribution in [3.63, 3.8) is 0 Å². The predicted octanol–water partition coefficient (Wildman–Crippen LogP) is 2.79. The van der Waals surface area contributed by atoms with Gasteiger partial charge in [0.1, 0.15) is 5.54 Å². The summed E-state index contributed by atoms with van der Waals surface area (Å²) in [7, 11) is 0. The molecule has 1 aromatic rings. The number of hydrogen-bond donors (Lipinski definition) is 1. The zero-order valence-corrected chi connectivity index (χ0v) is 11.8. The number of carbonyl (C=O) groups is 2. The molecule has 1 aliphatic carbocycles. The van der Waals surface area contributed by atoms with E-state index in [1.54, 1.807) is 6.92 Å². The number of imide groups is 1. The topological polar surface area (TPSA) is 49.4 Å². The highest BCUT2D eigenvalue weighted by Crippen LogP contribution is 2.33. The molecule has 1 unspecified atom stereocenters. The van der Waals surface area contributed by atoms with Crippen molar-refractivity contribution >= 4 is 11.9 Å². The number of urea groups is 1. The van der Waals surface area contributed by atoms with Crippen LogP contribution in [0.3, 0.4) is 0 Å². The van der Waals surface area contributed by atoms with Crippen LogP contribution in [0.1, 0.15) is 44.6 Å². The normalized spacial score (nSPS) is 27.8. The predicted molar refractivity (Wildman–Crippen MR) is 76.0 cm³/mol. The molecule has 106 valence electrons. The van der Waals surface area contributed by atoms with E-state index in [0.29, 0.717) is 0 Å². The summed E-state index contributed by atoms with van der Waals surface area (Å²) in [6, 6.07) is 9.31. The maximum atomic E-state index is 12.8. The third kappa shape index (κ3) is 1.99. The summed E-state index contributed by atoms with van der Waals surface area (Å²) in [5.41, 5.74) is -0.0767. The molecule has 1 N–H and O–H groups in total. The van der Waals surface area contributed by atoms with Gasteiger partial charge in [-0.2, -0.15) is 0 Å². The lowest BCUT2D eigenvalue weighted by Gasteiger charge is -2.29. The lowest BCUT2D eigenvalue weighted by molar-refractivity contribution is -0.133. The Bertz CT molecular complexity index is 523. The number of hydrogen-bond acceptors (Lipinski definition) is 2. The van der Waals surface area contributed by atoms with E-state index in [9.17, 15) is 9.59 Å². The first-order valence-electron chi connectivity index (χ1n) is 7.34. The fourth-order valence-electron chi connectivity index (χ4n) is 3.30. The van der Waals surface area contributed by atoms with Crippen LogP contribution in [0.5, 0.6) is 0 Å². The second kappa shape index (κ2) is 4.93. The minimum absolute atomic E-state index is 0.0711. The third-order valence-corrected chi connectivity index (χ3v) is 4.51. The van der Waals surface area contributed by atoms with Crippen LogP contribution in [0, 0.1) is 0 Å². The Labute approximate surface area is 119 Å². The molecule has 0 aromatic heterocycles. The monoisotopic (exact) mass is 272 g/mol. The van der Waals surface area contributed by atoms with Gasteiger partial charge in [-0.15, -0.1) is 0 Å². The van der Waals surface area contributed by atoms with Crippen molar-refractivity contribution in [3.05, 3.63) is 35.9 Å². The van der Waals surface area contributed by atoms with E-state index < -0.39 is 5.54 Å². The summed E-state index contributed by atoms with van der Waals surface area (Å²) in [4.78, 5) is 26.5. The standard InChI is InChI=1S/C16H20N2O2/c1-16(12-8-4-2-5-9-12)14(19)18(15(20)17-16)13-10-6-3-7-11-13/h2,4-5,8-9,13H,3,6-7,10-11H2,1H3,(H,17,20). The smallest absolute Gasteiger partial charge is 0.319 e. The fourth-order valence-corrected chi connectivity index (χ4v) is 3.30. The summed E-state index contributed by atoms with van der Waals surface area (Å²) in [6.45, 7) is 1.80. The molecule has 1 heterocycles. The van der Waals surface area contributed by atoms with E-state index in [-0.39, 0.29) is 18.0 Å². The molecule has 1 atom stereocenters. The average Bonchev–Trinajstić information content (AvgIpc) is 2.72. The first-order chi connectivity index (χ1) is 9.63. The van der Waals surface area contributed by atoms with Crippen LogP contribution in [0.4, 0.5) is 4.79 Å². The molecule has 4 nitrogen and oxygen atoms in total. The molecular weight excluding hydrogens is 252 g/mol. The number of benzene rings is 1. The summed E-state index contributed by atoms with van der Waals surface area (Å²) >= 11 is 0. The van der Waals surface area contributed by atoms with Crippen molar-refractivity contribution in [1.29, 1.82) is 0 Å². The minimum atomic E-state index is -0.921. The highest BCUT2D eigenvalue weighted by atomic mass is 16.2. The molecule has 1 saturated heterocycles. The van der Waals surface area contributed by atoms with Gasteiger partial charge in [0.25, 0.3) is 5.91 Å². The van der Waals surface area contributed by atoms with Gasteiger partial charge in [-0.1, -0.05) is 49.6 Å². The lowest BCUT2D eigenvalue weighted by Crippen LogP contribution is -2.44. The van der Waals surface area contributed by atoms with Crippen molar-refractivity contribution < 1.29 is 9.59 Å². The zero-order chi connectivity index (χ0) is 14.2. The van der Waals surface area contributed by atoms with Gasteiger partial charge in [0, 0.05) is 6.04 Å². The zero-order valence-electron chi connectivity index (χ0n) is 11.8. The maximum Gasteiger partial charge on any atom is 0.325 e. The van der Waals surface area contributed by atoms with Crippen LogP contribution in [0.25, 0.3) is 0 Å². The molecule has 0 bridgehead atoms. The summed E-state index contributed by atoms with van der Waals surface area (Å²) in [6.07, 6.45) is 5.28. The molecule has 1 saturated carbocycles. The molecule has 0 radical (unpaired) electrons. The molecule has 2 fully saturated rings. The minimum Gasteiger partial charge on any atom is -0.319 e. The van der Waals surface area contributed by atoms with Crippen LogP contribution >= 0.6 is 0 Å². The SMILES string of the molecule is CC1(c2ccccc2)NC(=O)N(C2CCCCC2)C1=O. The van der Waals surface area contributed by atoms with Gasteiger partial charge < -0.3 is 5.32 Å². The molecule has 2 aliphatic rings. The highest BCUT2D eigenvalue weighted by Gasteiger charge is 2.51. The van der Waals surface area contributed by atoms with Crippen LogP contribution in [-0.4, -0.2) is 22.9 Å². The Morgan fingerprint density at radius 2 is 1.75 bits per heavy atom. The Morgan fingerprint density at radius 1 is 1.10 bits per heavy atom. The summed E-state index contributed by atoms with van der Waals surface area (Å²) in [5, 5.41) is 2.88. The summed E-state index contributed by atoms with van der Waals surface area (Å²) < 4.78 is 0. The number of carbonyl (C=O) groups excluding carboxylic acids is 2. The lowest BCUT2D eigenvalue weighted by atomic mass is 9.90. The van der Waals surface area contributed by atoms with E-state index in [1.165, 1.54) is 11.3 Å². The van der Waals surface area contributed by atoms with Gasteiger partial charge in [-0.05, 0) is 25.3 Å². The van der Waals surface area contributed by atoms with Crippen LogP contribution in [0.2, 0.25) is 0 Å². The third-order valence-electron chi connectivity index (χ3n) is 4.51. The van der Waals surface area contributed by atoms with Crippen molar-refractivity contribution in [3.8, 4) is 0 Å². The van der Waals surface area contributed by atoms with Gasteiger partial charge in [0.15, 0.2) is 0 Å². The van der Waals surface area contributed by atoms with E-state index in [0.717, 1.165) is 31.2 Å². The van der Waals surface area contributed by atoms with Crippen LogP contribution in [-0.2, 0) is 10.3 Å². The van der Waals surface area contributed by atoms with E-state index in [2.05, 4.69) is 5.32 Å². The van der Waals surface area contributed by atoms with Crippen molar-refractivity contribution in [2.75, 3.05) is 0 Å². The highest BCUT2D eigenvalue weighted by molar-refractivity contribution is 6.07. The molecular formula is C16H20N2O2. The largest absolute Gasteiger partial charge is 0.325 e. The van der Waals surface area contributed by atoms with Crippen LogP contribution in [0.15, 0.2) is 30.3 Å². The molecule has 1 aromatic carbocycles. The number of nitrogens with zero attached hydrogens (tertiary/aromatic N) is 1. The van der Waals surface area contributed by atoms with E-state index in [4.69, 9.17) is 0 Å². The van der Waals surface area contributed by atoms with Crippen molar-refractivity contribution in [2.24, 2.45) is 0 Å². The van der Waals surface area contributed by atoms with Gasteiger partial charge in [-0.25, -0.2) is 4.79 Å². The van der Waals surface area contributed by atoms with Crippen LogP contribution < -0.4 is 5.32 Å². The van der Waals surface area contributed by atoms with E-state index >= 15 is 0 Å². The second-order valence-corrected chi connectivity index (χ2v) is 5.89. The van der Waals surface area contributed by atoms with Crippen molar-refractivity contribution in [1.82, 2.24) is 10.2 Å². The summed E-state index contributed by atoms with van der Waals surface area (Å²) in [5.74, 6) is -0.111. The number of amides is 3. The fraction of sp³-hybridized carbons (Fsp3) is 0.500. The number of nitrogens with one attached hydrogen (secondary N) is 1. The number of rotatable bonds is 2. The Kier molecular flexibility index (Phi) is 3.24. The van der Waals surface area contributed by atoms with Crippen molar-refractivity contribution in [2.45, 2.75) is 50.6 Å². The average molecular weight is 272 g/mol. The Balaban J connectivity index is 1.90. The first-order valence-corrected chi connectivity index (χ1v) is 7.34. The van der Waals surface area contributed by atoms with Gasteiger partial charge in [-0.3, -0.25) is 9.69 Å². The second-order valence-electron chi connectivity index (χ2n) is 5.89. The van der Waals surface area contributed by atoms with Gasteiger partial charge in [0.05, 0.1) is 0 Å². The maximum absolute atomic E-state index is 12.8. The quantitative estimate of drug-likeness (QED) is 0.842. The molecule has 0 spiro atoms. The molecule has 20 heavy (non-hydrogen) atoms. The Hall–Kier alpha value is -1.84. The molecule has 3 amide bonds. The molecule has 1 aliphatic heterocycles. The molecule has 3 rings (SSSR count). The molecule has 4 heteroatoms.